The summed E-state index contributed by atoms with van der Waals surface area (Å²) in [6.07, 6.45) is 8.79. The molecule has 3 heteroatoms. The van der Waals surface area contributed by atoms with Crippen LogP contribution in [0.2, 0.25) is 0 Å². The highest BCUT2D eigenvalue weighted by atomic mass is 15.2. The minimum Gasteiger partial charge on any atom is -0.329 e. The first-order valence-electron chi connectivity index (χ1n) is 8.18. The van der Waals surface area contributed by atoms with E-state index in [0.717, 1.165) is 19.0 Å². The maximum atomic E-state index is 6.19. The van der Waals surface area contributed by atoms with Gasteiger partial charge in [-0.15, -0.1) is 0 Å². The van der Waals surface area contributed by atoms with Crippen LogP contribution in [0.3, 0.4) is 0 Å². The Morgan fingerprint density at radius 2 is 2.00 bits per heavy atom. The molecule has 1 aromatic rings. The number of hydrogen-bond donors (Lipinski definition) is 1. The topological polar surface area (TPSA) is 42.2 Å². The summed E-state index contributed by atoms with van der Waals surface area (Å²) >= 11 is 0. The molecule has 1 fully saturated rings. The molecular formula is C18H31N3. The number of aromatic nitrogens is 1. The van der Waals surface area contributed by atoms with E-state index in [0.29, 0.717) is 5.41 Å². The second-order valence-corrected chi connectivity index (χ2v) is 7.79. The molecule has 3 nitrogen and oxygen atoms in total. The van der Waals surface area contributed by atoms with Gasteiger partial charge >= 0.3 is 0 Å². The quantitative estimate of drug-likeness (QED) is 0.923. The zero-order valence-corrected chi connectivity index (χ0v) is 14.1. The third-order valence-electron chi connectivity index (χ3n) is 5.47. The molecule has 0 unspecified atom stereocenters. The minimum atomic E-state index is 0.164. The van der Waals surface area contributed by atoms with Crippen LogP contribution in [0.1, 0.15) is 52.0 Å². The molecule has 1 heterocycles. The molecule has 1 aliphatic rings. The van der Waals surface area contributed by atoms with Gasteiger partial charge in [0.1, 0.15) is 0 Å². The van der Waals surface area contributed by atoms with E-state index in [2.05, 4.69) is 43.8 Å². The van der Waals surface area contributed by atoms with Crippen molar-refractivity contribution >= 4 is 0 Å². The van der Waals surface area contributed by atoms with E-state index in [1.165, 1.54) is 31.2 Å². The van der Waals surface area contributed by atoms with Gasteiger partial charge in [0.2, 0.25) is 0 Å². The lowest BCUT2D eigenvalue weighted by molar-refractivity contribution is 0.0333. The van der Waals surface area contributed by atoms with Gasteiger partial charge in [-0.2, -0.15) is 0 Å². The Morgan fingerprint density at radius 1 is 1.33 bits per heavy atom. The lowest BCUT2D eigenvalue weighted by atomic mass is 9.67. The van der Waals surface area contributed by atoms with Crippen molar-refractivity contribution in [3.63, 3.8) is 0 Å². The van der Waals surface area contributed by atoms with Gasteiger partial charge in [-0.3, -0.25) is 9.88 Å². The van der Waals surface area contributed by atoms with Gasteiger partial charge in [0.15, 0.2) is 0 Å². The maximum Gasteiger partial charge on any atom is 0.0332 e. The van der Waals surface area contributed by atoms with E-state index >= 15 is 0 Å². The van der Waals surface area contributed by atoms with Gasteiger partial charge in [-0.1, -0.05) is 26.8 Å². The average Bonchev–Trinajstić information content (AvgIpc) is 2.47. The van der Waals surface area contributed by atoms with E-state index in [4.69, 9.17) is 5.73 Å². The van der Waals surface area contributed by atoms with Crippen molar-refractivity contribution < 1.29 is 0 Å². The first-order valence-corrected chi connectivity index (χ1v) is 8.18. The van der Waals surface area contributed by atoms with Gasteiger partial charge in [-0.25, -0.2) is 0 Å². The smallest absolute Gasteiger partial charge is 0.0332 e. The highest BCUT2D eigenvalue weighted by molar-refractivity contribution is 5.09. The van der Waals surface area contributed by atoms with Crippen molar-refractivity contribution in [1.82, 2.24) is 9.88 Å². The Labute approximate surface area is 129 Å². The maximum absolute atomic E-state index is 6.19. The van der Waals surface area contributed by atoms with E-state index in [1.54, 1.807) is 0 Å². The fourth-order valence-electron chi connectivity index (χ4n) is 3.70. The number of nitrogens with two attached hydrogens (primary N) is 1. The Hall–Kier alpha value is -0.930. The summed E-state index contributed by atoms with van der Waals surface area (Å²) in [6.45, 7) is 8.79. The summed E-state index contributed by atoms with van der Waals surface area (Å²) in [7, 11) is 2.22. The largest absolute Gasteiger partial charge is 0.329 e. The molecule has 21 heavy (non-hydrogen) atoms. The lowest BCUT2D eigenvalue weighted by Gasteiger charge is -2.48. The van der Waals surface area contributed by atoms with Crippen LogP contribution in [0.4, 0.5) is 0 Å². The molecular weight excluding hydrogens is 258 g/mol. The average molecular weight is 289 g/mol. The Morgan fingerprint density at radius 3 is 2.48 bits per heavy atom. The predicted octanol–water partition coefficient (Wildman–Crippen LogP) is 3.45. The summed E-state index contributed by atoms with van der Waals surface area (Å²) in [5.41, 5.74) is 8.04. The van der Waals surface area contributed by atoms with Crippen LogP contribution in [0.15, 0.2) is 24.5 Å². The van der Waals surface area contributed by atoms with Gasteiger partial charge in [0, 0.05) is 31.0 Å². The first-order chi connectivity index (χ1) is 9.87. The van der Waals surface area contributed by atoms with Crippen LogP contribution in [0.25, 0.3) is 0 Å². The molecule has 0 bridgehead atoms. The number of nitrogens with zero attached hydrogens (tertiary/aromatic N) is 2. The number of rotatable bonds is 4. The first kappa shape index (κ1) is 16.4. The minimum absolute atomic E-state index is 0.164. The Kier molecular flexibility index (Phi) is 5.05. The second-order valence-electron chi connectivity index (χ2n) is 7.79. The fraction of sp³-hybridized carbons (Fsp3) is 0.722. The molecule has 0 spiro atoms. The van der Waals surface area contributed by atoms with Crippen molar-refractivity contribution in [2.75, 3.05) is 13.6 Å². The third kappa shape index (κ3) is 3.83. The molecule has 0 radical (unpaired) electrons. The summed E-state index contributed by atoms with van der Waals surface area (Å²) in [5, 5.41) is 0. The standard InChI is InChI=1S/C18H31N3/c1-17(2,3)16-7-9-18(14-19,10-8-16)21(4)13-15-6-5-11-20-12-15/h5-6,11-12,16H,7-10,13-14,19H2,1-4H3. The highest BCUT2D eigenvalue weighted by Gasteiger charge is 2.40. The number of hydrogen-bond acceptors (Lipinski definition) is 3. The molecule has 1 aromatic heterocycles. The van der Waals surface area contributed by atoms with Crippen LogP contribution in [0, 0.1) is 11.3 Å². The number of pyridine rings is 1. The molecule has 1 aliphatic carbocycles. The van der Waals surface area contributed by atoms with Crippen LogP contribution in [0.5, 0.6) is 0 Å². The van der Waals surface area contributed by atoms with Crippen molar-refractivity contribution in [1.29, 1.82) is 0 Å². The van der Waals surface area contributed by atoms with E-state index in [-0.39, 0.29) is 5.54 Å². The van der Waals surface area contributed by atoms with Gasteiger partial charge in [-0.05, 0) is 55.7 Å². The Bertz CT molecular complexity index is 428. The molecule has 0 atom stereocenters. The van der Waals surface area contributed by atoms with Crippen LogP contribution >= 0.6 is 0 Å². The lowest BCUT2D eigenvalue weighted by Crippen LogP contribution is -2.54. The molecule has 0 aliphatic heterocycles. The van der Waals surface area contributed by atoms with Gasteiger partial charge in [0.05, 0.1) is 0 Å². The molecule has 2 rings (SSSR count). The normalized spacial score (nSPS) is 27.0. The monoisotopic (exact) mass is 289 g/mol. The van der Waals surface area contributed by atoms with E-state index in [1.807, 2.05) is 18.5 Å². The molecule has 1 saturated carbocycles. The number of likely N-dealkylation sites (N-methyl/N-ethyl adjacent to an activating group) is 1. The predicted molar refractivity (Wildman–Crippen MR) is 88.9 cm³/mol. The van der Waals surface area contributed by atoms with Gasteiger partial charge in [0.25, 0.3) is 0 Å². The van der Waals surface area contributed by atoms with Crippen LogP contribution in [-0.2, 0) is 6.54 Å². The van der Waals surface area contributed by atoms with Crippen molar-refractivity contribution in [2.24, 2.45) is 17.1 Å². The molecule has 0 amide bonds. The SMILES string of the molecule is CN(Cc1cccnc1)C1(CN)CCC(C(C)(C)C)CC1. The molecule has 118 valence electrons. The van der Waals surface area contributed by atoms with E-state index in [9.17, 15) is 0 Å². The summed E-state index contributed by atoms with van der Waals surface area (Å²) in [6, 6.07) is 4.16. The van der Waals surface area contributed by atoms with Crippen molar-refractivity contribution in [2.45, 2.75) is 58.5 Å². The van der Waals surface area contributed by atoms with Gasteiger partial charge < -0.3 is 5.73 Å². The second kappa shape index (κ2) is 6.45. The van der Waals surface area contributed by atoms with Crippen molar-refractivity contribution in [3.05, 3.63) is 30.1 Å². The molecule has 0 aromatic carbocycles. The summed E-state index contributed by atoms with van der Waals surface area (Å²) in [4.78, 5) is 6.68. The molecule has 2 N–H and O–H groups in total. The molecule has 0 saturated heterocycles. The Balaban J connectivity index is 2.02. The van der Waals surface area contributed by atoms with Crippen molar-refractivity contribution in [3.8, 4) is 0 Å². The zero-order chi connectivity index (χ0) is 15.5. The van der Waals surface area contributed by atoms with Crippen LogP contribution < -0.4 is 5.73 Å². The summed E-state index contributed by atoms with van der Waals surface area (Å²) < 4.78 is 0. The third-order valence-corrected chi connectivity index (χ3v) is 5.47. The zero-order valence-electron chi connectivity index (χ0n) is 14.1. The highest BCUT2D eigenvalue weighted by Crippen LogP contribution is 2.43. The fourth-order valence-corrected chi connectivity index (χ4v) is 3.70. The van der Waals surface area contributed by atoms with E-state index < -0.39 is 0 Å². The van der Waals surface area contributed by atoms with Crippen LogP contribution in [-0.4, -0.2) is 29.0 Å². The summed E-state index contributed by atoms with van der Waals surface area (Å²) in [5.74, 6) is 0.823.